The molecule has 0 saturated carbocycles. The Balaban J connectivity index is 1.01. The molecule has 0 fully saturated rings. The van der Waals surface area contributed by atoms with Gasteiger partial charge in [0.25, 0.3) is 0 Å². The van der Waals surface area contributed by atoms with Crippen molar-refractivity contribution in [3.63, 3.8) is 0 Å². The van der Waals surface area contributed by atoms with Gasteiger partial charge in [0.2, 0.25) is 0 Å². The van der Waals surface area contributed by atoms with E-state index in [9.17, 15) is 0 Å². The molecule has 0 aliphatic rings. The predicted molar refractivity (Wildman–Crippen MR) is 267 cm³/mol. The number of hydrogen-bond acceptors (Lipinski definition) is 1. The van der Waals surface area contributed by atoms with Gasteiger partial charge in [-0.25, -0.2) is 4.98 Å². The Kier molecular flexibility index (Phi) is 7.33. The van der Waals surface area contributed by atoms with Gasteiger partial charge in [-0.05, 0) is 96.1 Å². The maximum absolute atomic E-state index is 5.67. The zero-order valence-electron chi connectivity index (χ0n) is 34.6. The SMILES string of the molecule is c1ccc(-c2cc(-n3c4ccccc4c4cc(-n5c6ccccc6c6ccccc65)ccc43)nc(-n3c4ccccc4c4cc(-n5c6ccccc6c6ccccc65)ccc43)c2)cc1. The number of hydrogen-bond donors (Lipinski definition) is 0. The Labute approximate surface area is 367 Å². The highest BCUT2D eigenvalue weighted by molar-refractivity contribution is 6.14. The van der Waals surface area contributed by atoms with Crippen LogP contribution in [0.5, 0.6) is 0 Å². The Bertz CT molecular complexity index is 3840. The van der Waals surface area contributed by atoms with Crippen LogP contribution in [0, 0.1) is 0 Å². The lowest BCUT2D eigenvalue weighted by Gasteiger charge is -2.15. The molecule has 0 amide bonds. The third kappa shape index (κ3) is 4.98. The normalized spacial score (nSPS) is 12.1. The van der Waals surface area contributed by atoms with Crippen LogP contribution in [0.3, 0.4) is 0 Å². The van der Waals surface area contributed by atoms with Gasteiger partial charge in [0, 0.05) is 54.5 Å². The van der Waals surface area contributed by atoms with E-state index in [0.29, 0.717) is 0 Å². The standard InChI is InChI=1S/C59H37N5/c1-2-16-38(17-3-1)39-34-58(63-54-28-14-8-22-46(54)48-36-40(30-32-56(48)63)61-50-24-10-4-18-42(50)43-19-5-11-25-51(43)61)60-59(35-39)64-55-29-15-9-23-47(55)49-37-41(31-33-57(49)64)62-52-26-12-6-20-44(52)45-21-7-13-27-53(45)62/h1-37H. The first-order chi connectivity index (χ1) is 31.8. The molecule has 5 heteroatoms. The van der Waals surface area contributed by atoms with E-state index in [1.807, 2.05) is 0 Å². The van der Waals surface area contributed by atoms with Crippen LogP contribution in [0.25, 0.3) is 121 Å². The van der Waals surface area contributed by atoms with Gasteiger partial charge in [0.05, 0.1) is 44.1 Å². The molecule has 0 unspecified atom stereocenters. The van der Waals surface area contributed by atoms with Crippen molar-refractivity contribution in [3.8, 4) is 34.1 Å². The molecule has 5 aromatic heterocycles. The maximum Gasteiger partial charge on any atom is 0.140 e. The van der Waals surface area contributed by atoms with Crippen molar-refractivity contribution in [2.45, 2.75) is 0 Å². The lowest BCUT2D eigenvalue weighted by atomic mass is 10.1. The zero-order chi connectivity index (χ0) is 41.9. The van der Waals surface area contributed by atoms with Crippen LogP contribution >= 0.6 is 0 Å². The van der Waals surface area contributed by atoms with Gasteiger partial charge >= 0.3 is 0 Å². The number of fused-ring (bicyclic) bond motifs is 12. The van der Waals surface area contributed by atoms with Gasteiger partial charge in [0.1, 0.15) is 11.6 Å². The second-order valence-corrected chi connectivity index (χ2v) is 16.8. The summed E-state index contributed by atoms with van der Waals surface area (Å²) in [5, 5.41) is 9.74. The predicted octanol–water partition coefficient (Wildman–Crippen LogP) is 15.1. The van der Waals surface area contributed by atoms with E-state index < -0.39 is 0 Å². The first kappa shape index (κ1) is 35.0. The van der Waals surface area contributed by atoms with Crippen molar-refractivity contribution < 1.29 is 0 Å². The first-order valence-electron chi connectivity index (χ1n) is 21.9. The molecule has 298 valence electrons. The van der Waals surface area contributed by atoms with Crippen LogP contribution in [0.1, 0.15) is 0 Å². The van der Waals surface area contributed by atoms with Crippen LogP contribution in [0.15, 0.2) is 224 Å². The topological polar surface area (TPSA) is 32.6 Å². The molecular weight excluding hydrogens is 779 g/mol. The molecule has 0 radical (unpaired) electrons. The van der Waals surface area contributed by atoms with Crippen molar-refractivity contribution in [2.75, 3.05) is 0 Å². The summed E-state index contributed by atoms with van der Waals surface area (Å²) in [6.07, 6.45) is 0. The summed E-state index contributed by atoms with van der Waals surface area (Å²) in [5.41, 5.74) is 13.7. The highest BCUT2D eigenvalue weighted by atomic mass is 15.1. The minimum atomic E-state index is 0.861. The van der Waals surface area contributed by atoms with Crippen molar-refractivity contribution in [3.05, 3.63) is 224 Å². The summed E-state index contributed by atoms with van der Waals surface area (Å²) in [6, 6.07) is 81.3. The molecule has 5 nitrogen and oxygen atoms in total. The van der Waals surface area contributed by atoms with Gasteiger partial charge in [-0.1, -0.05) is 140 Å². The average molecular weight is 816 g/mol. The fourth-order valence-electron chi connectivity index (χ4n) is 10.6. The average Bonchev–Trinajstić information content (AvgIpc) is 4.09. The highest BCUT2D eigenvalue weighted by Gasteiger charge is 2.21. The molecule has 0 N–H and O–H groups in total. The number of rotatable bonds is 5. The molecule has 9 aromatic carbocycles. The quantitative estimate of drug-likeness (QED) is 0.170. The van der Waals surface area contributed by atoms with Crippen LogP contribution in [0.2, 0.25) is 0 Å². The van der Waals surface area contributed by atoms with E-state index in [1.54, 1.807) is 0 Å². The third-order valence-corrected chi connectivity index (χ3v) is 13.4. The number of aromatic nitrogens is 5. The summed E-state index contributed by atoms with van der Waals surface area (Å²) in [6.45, 7) is 0. The van der Waals surface area contributed by atoms with Gasteiger partial charge in [-0.2, -0.15) is 0 Å². The van der Waals surface area contributed by atoms with Crippen LogP contribution in [0.4, 0.5) is 0 Å². The van der Waals surface area contributed by atoms with E-state index >= 15 is 0 Å². The van der Waals surface area contributed by atoms with E-state index in [1.165, 1.54) is 65.2 Å². The Morgan fingerprint density at radius 2 is 0.516 bits per heavy atom. The number of benzene rings is 9. The number of para-hydroxylation sites is 6. The van der Waals surface area contributed by atoms with Gasteiger partial charge in [0.15, 0.2) is 0 Å². The summed E-state index contributed by atoms with van der Waals surface area (Å²) in [5.74, 6) is 1.72. The molecule has 0 atom stereocenters. The van der Waals surface area contributed by atoms with E-state index in [0.717, 1.165) is 56.2 Å². The van der Waals surface area contributed by atoms with E-state index in [4.69, 9.17) is 4.98 Å². The largest absolute Gasteiger partial charge is 0.309 e. The van der Waals surface area contributed by atoms with E-state index in [2.05, 4.69) is 243 Å². The van der Waals surface area contributed by atoms with Crippen LogP contribution in [-0.4, -0.2) is 23.3 Å². The van der Waals surface area contributed by atoms with Gasteiger partial charge in [-0.15, -0.1) is 0 Å². The fraction of sp³-hybridized carbons (Fsp3) is 0. The Morgan fingerprint density at radius 3 is 0.891 bits per heavy atom. The smallest absolute Gasteiger partial charge is 0.140 e. The first-order valence-corrected chi connectivity index (χ1v) is 21.9. The summed E-state index contributed by atoms with van der Waals surface area (Å²) < 4.78 is 9.50. The highest BCUT2D eigenvalue weighted by Crippen LogP contribution is 2.40. The summed E-state index contributed by atoms with van der Waals surface area (Å²) in [7, 11) is 0. The third-order valence-electron chi connectivity index (χ3n) is 13.4. The molecular formula is C59H37N5. The molecule has 14 aromatic rings. The summed E-state index contributed by atoms with van der Waals surface area (Å²) >= 11 is 0. The van der Waals surface area contributed by atoms with Crippen molar-refractivity contribution in [2.24, 2.45) is 0 Å². The van der Waals surface area contributed by atoms with Crippen molar-refractivity contribution in [1.29, 1.82) is 0 Å². The second-order valence-electron chi connectivity index (χ2n) is 16.8. The number of pyridine rings is 1. The molecule has 14 rings (SSSR count). The lowest BCUT2D eigenvalue weighted by Crippen LogP contribution is -2.04. The van der Waals surface area contributed by atoms with Crippen LogP contribution in [-0.2, 0) is 0 Å². The molecule has 0 bridgehead atoms. The lowest BCUT2D eigenvalue weighted by molar-refractivity contribution is 1.01. The maximum atomic E-state index is 5.67. The minimum Gasteiger partial charge on any atom is -0.309 e. The molecule has 0 saturated heterocycles. The Morgan fingerprint density at radius 1 is 0.219 bits per heavy atom. The van der Waals surface area contributed by atoms with Crippen LogP contribution < -0.4 is 0 Å². The van der Waals surface area contributed by atoms with E-state index in [-0.39, 0.29) is 0 Å². The fourth-order valence-corrected chi connectivity index (χ4v) is 10.6. The molecule has 0 aliphatic carbocycles. The molecule has 64 heavy (non-hydrogen) atoms. The van der Waals surface area contributed by atoms with Crippen molar-refractivity contribution in [1.82, 2.24) is 23.3 Å². The molecule has 0 aliphatic heterocycles. The monoisotopic (exact) mass is 815 g/mol. The van der Waals surface area contributed by atoms with Gasteiger partial charge in [-0.3, -0.25) is 9.13 Å². The zero-order valence-corrected chi connectivity index (χ0v) is 34.6. The molecule has 5 heterocycles. The Hall–Kier alpha value is -8.67. The van der Waals surface area contributed by atoms with Crippen molar-refractivity contribution >= 4 is 87.2 Å². The second kappa shape index (κ2) is 13.4. The van der Waals surface area contributed by atoms with Gasteiger partial charge < -0.3 is 9.13 Å². The number of nitrogens with zero attached hydrogens (tertiary/aromatic N) is 5. The molecule has 0 spiro atoms. The summed E-state index contributed by atoms with van der Waals surface area (Å²) in [4.78, 5) is 5.67. The minimum absolute atomic E-state index is 0.861.